The van der Waals surface area contributed by atoms with Gasteiger partial charge in [0.1, 0.15) is 22.3 Å². The van der Waals surface area contributed by atoms with Crippen LogP contribution in [0.4, 0.5) is 4.79 Å². The van der Waals surface area contributed by atoms with Gasteiger partial charge in [-0.25, -0.2) is 9.78 Å². The van der Waals surface area contributed by atoms with Gasteiger partial charge in [-0.05, 0) is 51.0 Å². The first-order valence-corrected chi connectivity index (χ1v) is 17.7. The number of esters is 1. The van der Waals surface area contributed by atoms with Crippen LogP contribution in [0.5, 0.6) is 0 Å². The number of amides is 3. The Hall–Kier alpha value is -4.00. The lowest BCUT2D eigenvalue weighted by molar-refractivity contribution is -0.149. The largest absolute Gasteiger partial charge is 0.481 e. The number of hydrogen-bond donors (Lipinski definition) is 3. The molecule has 3 amide bonds. The van der Waals surface area contributed by atoms with Crippen molar-refractivity contribution >= 4 is 41.2 Å². The quantitative estimate of drug-likeness (QED) is 0.168. The number of thiazole rings is 1. The number of carbonyl (C=O) groups is 5. The predicted molar refractivity (Wildman–Crippen MR) is 188 cm³/mol. The lowest BCUT2D eigenvalue weighted by atomic mass is 9.93. The number of alkyl carbamates (subject to hydrolysis) is 1. The highest BCUT2D eigenvalue weighted by molar-refractivity contribution is 7.09. The van der Waals surface area contributed by atoms with Gasteiger partial charge in [-0.3, -0.25) is 19.2 Å². The second-order valence-electron chi connectivity index (χ2n) is 14.0. The Morgan fingerprint density at radius 1 is 1.00 bits per heavy atom. The number of rotatable bonds is 17. The van der Waals surface area contributed by atoms with Gasteiger partial charge in [0.25, 0.3) is 5.91 Å². The topological polar surface area (TPSA) is 164 Å². The smallest absolute Gasteiger partial charge is 0.408 e. The van der Waals surface area contributed by atoms with Crippen molar-refractivity contribution in [3.8, 4) is 0 Å². The standard InChI is InChI=1S/C36H54N4O8S/c1-11-22(4)30(39-35(46)48-36(7,8)9)33(43)40(10)28(21(2)3)19-29(47-24(6)41)32-38-27(20-49-32)31(42)37-26(17-23(5)34(44)45)18-25-15-13-12-14-16-25/h12-16,20-23,26,28-30H,11,17-19H2,1-10H3,(H,37,42)(H,39,46)(H,44,45)/t22?,23-,26+,28+,29+,30-/m0/s1. The number of benzene rings is 1. The van der Waals surface area contributed by atoms with Crippen LogP contribution < -0.4 is 10.6 Å². The van der Waals surface area contributed by atoms with Gasteiger partial charge in [-0.15, -0.1) is 11.3 Å². The summed E-state index contributed by atoms with van der Waals surface area (Å²) in [4.78, 5) is 70.0. The van der Waals surface area contributed by atoms with Crippen LogP contribution in [-0.4, -0.2) is 75.6 Å². The van der Waals surface area contributed by atoms with Gasteiger partial charge < -0.3 is 30.1 Å². The zero-order valence-corrected chi connectivity index (χ0v) is 31.3. The summed E-state index contributed by atoms with van der Waals surface area (Å²) in [5.41, 5.74) is 0.330. The minimum Gasteiger partial charge on any atom is -0.481 e. The molecule has 0 bridgehead atoms. The molecule has 12 nitrogen and oxygen atoms in total. The Morgan fingerprint density at radius 2 is 1.63 bits per heavy atom. The van der Waals surface area contributed by atoms with E-state index in [0.717, 1.165) is 16.9 Å². The van der Waals surface area contributed by atoms with Gasteiger partial charge >= 0.3 is 18.0 Å². The van der Waals surface area contributed by atoms with E-state index >= 15 is 0 Å². The molecule has 2 aromatic rings. The molecule has 3 N–H and O–H groups in total. The molecule has 13 heteroatoms. The maximum atomic E-state index is 13.9. The molecule has 1 heterocycles. The van der Waals surface area contributed by atoms with Gasteiger partial charge in [0.05, 0.1) is 5.92 Å². The van der Waals surface area contributed by atoms with Gasteiger partial charge in [0, 0.05) is 37.9 Å². The minimum atomic E-state index is -0.952. The van der Waals surface area contributed by atoms with Crippen molar-refractivity contribution in [2.24, 2.45) is 17.8 Å². The maximum absolute atomic E-state index is 13.9. The first-order valence-electron chi connectivity index (χ1n) is 16.8. The van der Waals surface area contributed by atoms with E-state index in [4.69, 9.17) is 9.47 Å². The molecule has 1 unspecified atom stereocenters. The summed E-state index contributed by atoms with van der Waals surface area (Å²) < 4.78 is 11.1. The molecule has 0 aliphatic carbocycles. The molecule has 1 aromatic carbocycles. The summed E-state index contributed by atoms with van der Waals surface area (Å²) in [5.74, 6) is -3.23. The fraction of sp³-hybridized carbons (Fsp3) is 0.611. The van der Waals surface area contributed by atoms with Gasteiger partial charge in [0.2, 0.25) is 5.91 Å². The summed E-state index contributed by atoms with van der Waals surface area (Å²) in [5, 5.41) is 17.2. The molecule has 0 saturated carbocycles. The van der Waals surface area contributed by atoms with Crippen LogP contribution in [0, 0.1) is 17.8 Å². The van der Waals surface area contributed by atoms with Crippen molar-refractivity contribution in [1.82, 2.24) is 20.5 Å². The van der Waals surface area contributed by atoms with Gasteiger partial charge in [0.15, 0.2) is 6.10 Å². The molecule has 0 saturated heterocycles. The van der Waals surface area contributed by atoms with Gasteiger partial charge in [-0.2, -0.15) is 0 Å². The third-order valence-electron chi connectivity index (χ3n) is 8.28. The monoisotopic (exact) mass is 702 g/mol. The molecule has 0 radical (unpaired) electrons. The molecule has 49 heavy (non-hydrogen) atoms. The molecular weight excluding hydrogens is 648 g/mol. The van der Waals surface area contributed by atoms with Crippen LogP contribution in [0.1, 0.15) is 109 Å². The fourth-order valence-electron chi connectivity index (χ4n) is 5.42. The number of aromatic nitrogens is 1. The number of hydrogen-bond acceptors (Lipinski definition) is 9. The van der Waals surface area contributed by atoms with Gasteiger partial charge in [-0.1, -0.05) is 71.4 Å². The summed E-state index contributed by atoms with van der Waals surface area (Å²) in [6, 6.07) is 7.74. The zero-order chi connectivity index (χ0) is 37.1. The molecule has 6 atom stereocenters. The highest BCUT2D eigenvalue weighted by atomic mass is 32.1. The first kappa shape index (κ1) is 41.2. The first-order chi connectivity index (χ1) is 22.8. The maximum Gasteiger partial charge on any atom is 0.408 e. The number of carbonyl (C=O) groups excluding carboxylic acids is 4. The second-order valence-corrected chi connectivity index (χ2v) is 14.9. The third kappa shape index (κ3) is 13.4. The van der Waals surface area contributed by atoms with Crippen molar-refractivity contribution < 1.29 is 38.6 Å². The van der Waals surface area contributed by atoms with Crippen molar-refractivity contribution in [3.63, 3.8) is 0 Å². The van der Waals surface area contributed by atoms with E-state index in [1.165, 1.54) is 6.92 Å². The lowest BCUT2D eigenvalue weighted by Gasteiger charge is -2.37. The molecule has 2 rings (SSSR count). The second kappa shape index (κ2) is 18.7. The zero-order valence-electron chi connectivity index (χ0n) is 30.4. The highest BCUT2D eigenvalue weighted by Crippen LogP contribution is 2.31. The lowest BCUT2D eigenvalue weighted by Crippen LogP contribution is -2.55. The highest BCUT2D eigenvalue weighted by Gasteiger charge is 2.36. The van der Waals surface area contributed by atoms with Crippen LogP contribution >= 0.6 is 11.3 Å². The van der Waals surface area contributed by atoms with E-state index in [9.17, 15) is 29.1 Å². The predicted octanol–water partition coefficient (Wildman–Crippen LogP) is 6.01. The summed E-state index contributed by atoms with van der Waals surface area (Å²) in [6.07, 6.45) is -0.0577. The van der Waals surface area contributed by atoms with Crippen LogP contribution in [0.25, 0.3) is 0 Å². The van der Waals surface area contributed by atoms with E-state index in [2.05, 4.69) is 15.6 Å². The van der Waals surface area contributed by atoms with Crippen LogP contribution in [0.3, 0.4) is 0 Å². The average Bonchev–Trinajstić information content (AvgIpc) is 3.50. The molecule has 272 valence electrons. The van der Waals surface area contributed by atoms with Crippen molar-refractivity contribution in [3.05, 3.63) is 52.0 Å². The minimum absolute atomic E-state index is 0.0798. The number of carboxylic acids is 1. The molecule has 0 fully saturated rings. The van der Waals surface area contributed by atoms with E-state index in [1.54, 1.807) is 45.0 Å². The number of nitrogens with zero attached hydrogens (tertiary/aromatic N) is 2. The summed E-state index contributed by atoms with van der Waals surface area (Å²) >= 11 is 1.16. The number of carboxylic acid groups (broad SMARTS) is 1. The van der Waals surface area contributed by atoms with Crippen LogP contribution in [-0.2, 0) is 30.3 Å². The molecule has 1 aromatic heterocycles. The van der Waals surface area contributed by atoms with Crippen molar-refractivity contribution in [2.45, 2.75) is 118 Å². The summed E-state index contributed by atoms with van der Waals surface area (Å²) in [6.45, 7) is 15.9. The Morgan fingerprint density at radius 3 is 2.16 bits per heavy atom. The summed E-state index contributed by atoms with van der Waals surface area (Å²) in [7, 11) is 1.66. The Kier molecular flexibility index (Phi) is 15.7. The number of ether oxygens (including phenoxy) is 2. The number of nitrogens with one attached hydrogen (secondary N) is 2. The van der Waals surface area contributed by atoms with E-state index in [1.807, 2.05) is 58.0 Å². The van der Waals surface area contributed by atoms with Crippen LogP contribution in [0.15, 0.2) is 35.7 Å². The Balaban J connectivity index is 2.31. The van der Waals surface area contributed by atoms with Crippen molar-refractivity contribution in [1.29, 1.82) is 0 Å². The SMILES string of the molecule is CCC(C)[C@H](NC(=O)OC(C)(C)C)C(=O)N(C)[C@H](C[C@@H](OC(C)=O)c1nc(C(=O)N[C@@H](Cc2ccccc2)C[C@H](C)C(=O)O)cs1)C(C)C. The molecular formula is C36H54N4O8S. The number of likely N-dealkylation sites (N-methyl/N-ethyl adjacent to an activating group) is 1. The van der Waals surface area contributed by atoms with Crippen molar-refractivity contribution in [2.75, 3.05) is 7.05 Å². The van der Waals surface area contributed by atoms with E-state index in [0.29, 0.717) is 17.8 Å². The fourth-order valence-corrected chi connectivity index (χ4v) is 6.25. The molecule has 0 spiro atoms. The normalized spacial score (nSPS) is 15.2. The van der Waals surface area contributed by atoms with E-state index in [-0.39, 0.29) is 36.3 Å². The Bertz CT molecular complexity index is 1410. The Labute approximate surface area is 294 Å². The third-order valence-corrected chi connectivity index (χ3v) is 9.22. The number of aliphatic carboxylic acids is 1. The van der Waals surface area contributed by atoms with Crippen LogP contribution in [0.2, 0.25) is 0 Å². The average molecular weight is 703 g/mol. The molecule has 0 aliphatic rings. The van der Waals surface area contributed by atoms with E-state index < -0.39 is 59.7 Å². The molecule has 0 aliphatic heterocycles.